The number of para-hydroxylation sites is 1. The largest absolute Gasteiger partial charge is 2.00 e. The number of hydrogen-bond acceptors (Lipinski definition) is 1. The molecule has 1 aromatic carbocycles. The molecule has 0 saturated carbocycles. The van der Waals surface area contributed by atoms with E-state index in [4.69, 9.17) is 5.73 Å². The zero-order chi connectivity index (χ0) is 5.11. The van der Waals surface area contributed by atoms with Gasteiger partial charge >= 0.3 is 23.1 Å². The predicted octanol–water partition coefficient (Wildman–Crippen LogP) is -1.66. The molecule has 0 aromatic heterocycles. The number of benzene rings is 1. The normalized spacial score (nSPS) is 6.00. The number of nitrogen functional groups attached to an aromatic ring is 1. The van der Waals surface area contributed by atoms with E-state index in [1.54, 1.807) is 0 Å². The predicted molar refractivity (Wildman–Crippen MR) is 43.0 cm³/mol. The molecule has 2 N–H and O–H groups in total. The van der Waals surface area contributed by atoms with Crippen LogP contribution in [0.1, 0.15) is 0 Å². The van der Waals surface area contributed by atoms with E-state index in [0.717, 1.165) is 5.69 Å². The first-order valence-corrected chi connectivity index (χ1v) is 2.20. The SMILES string of the molecule is Nc1ccccc1.[Br-].[CH3-].[Mg+2]. The Balaban J connectivity index is -0.000000163. The number of anilines is 1. The molecule has 0 aliphatic carbocycles. The summed E-state index contributed by atoms with van der Waals surface area (Å²) in [6.45, 7) is 0. The maximum atomic E-state index is 5.36. The Bertz CT molecular complexity index is 144. The third-order valence-corrected chi connectivity index (χ3v) is 0.800. The van der Waals surface area contributed by atoms with E-state index in [1.165, 1.54) is 0 Å². The van der Waals surface area contributed by atoms with Crippen molar-refractivity contribution in [2.45, 2.75) is 0 Å². The molecule has 0 atom stereocenters. The van der Waals surface area contributed by atoms with Gasteiger partial charge in [-0.1, -0.05) is 18.2 Å². The second-order valence-electron chi connectivity index (χ2n) is 1.41. The van der Waals surface area contributed by atoms with Gasteiger partial charge in [-0.25, -0.2) is 0 Å². The number of halogens is 1. The second-order valence-corrected chi connectivity index (χ2v) is 1.41. The molecule has 0 spiro atoms. The standard InChI is InChI=1S/C6H7N.CH3.BrH.Mg/c7-6-4-2-1-3-5-6;;;/h1-5H,7H2;1H3;1H;/q;-1;;+2/p-1. The van der Waals surface area contributed by atoms with Crippen LogP contribution in [0, 0.1) is 7.43 Å². The fourth-order valence-corrected chi connectivity index (χ4v) is 0.453. The average Bonchev–Trinajstić information content (AvgIpc) is 1.69. The van der Waals surface area contributed by atoms with Crippen molar-refractivity contribution in [3.05, 3.63) is 37.8 Å². The molecular weight excluding hydrogens is 202 g/mol. The molecule has 1 aromatic rings. The summed E-state index contributed by atoms with van der Waals surface area (Å²) in [7, 11) is 0. The first kappa shape index (κ1) is 16.7. The molecular formula is C7H10BrMgN. The Morgan fingerprint density at radius 3 is 1.60 bits per heavy atom. The summed E-state index contributed by atoms with van der Waals surface area (Å²) in [5.74, 6) is 0. The van der Waals surface area contributed by atoms with E-state index in [0.29, 0.717) is 0 Å². The molecule has 1 nitrogen and oxygen atoms in total. The summed E-state index contributed by atoms with van der Waals surface area (Å²) in [5.41, 5.74) is 6.18. The minimum atomic E-state index is 0. The zero-order valence-electron chi connectivity index (χ0n) is 6.05. The van der Waals surface area contributed by atoms with Gasteiger partial charge in [-0.3, -0.25) is 0 Å². The third kappa shape index (κ3) is 6.39. The fraction of sp³-hybridized carbons (Fsp3) is 0. The van der Waals surface area contributed by atoms with Crippen molar-refractivity contribution in [3.63, 3.8) is 0 Å². The molecule has 0 unspecified atom stereocenters. The van der Waals surface area contributed by atoms with Crippen LogP contribution in [-0.2, 0) is 0 Å². The van der Waals surface area contributed by atoms with Crippen LogP contribution in [-0.4, -0.2) is 23.1 Å². The van der Waals surface area contributed by atoms with Crippen molar-refractivity contribution in [3.8, 4) is 0 Å². The first-order chi connectivity index (χ1) is 3.39. The zero-order valence-corrected chi connectivity index (χ0v) is 9.05. The van der Waals surface area contributed by atoms with E-state index < -0.39 is 0 Å². The maximum Gasteiger partial charge on any atom is 2.00 e. The molecule has 10 heavy (non-hydrogen) atoms. The van der Waals surface area contributed by atoms with Crippen LogP contribution >= 0.6 is 0 Å². The van der Waals surface area contributed by atoms with Gasteiger partial charge in [0.15, 0.2) is 0 Å². The van der Waals surface area contributed by atoms with Gasteiger partial charge < -0.3 is 30.1 Å². The molecule has 1 rings (SSSR count). The van der Waals surface area contributed by atoms with Crippen LogP contribution in [0.25, 0.3) is 0 Å². The minimum Gasteiger partial charge on any atom is -1.00 e. The van der Waals surface area contributed by atoms with Crippen LogP contribution in [0.15, 0.2) is 30.3 Å². The minimum absolute atomic E-state index is 0. The number of rotatable bonds is 0. The van der Waals surface area contributed by atoms with Crippen LogP contribution in [0.2, 0.25) is 0 Å². The molecule has 0 aliphatic rings. The summed E-state index contributed by atoms with van der Waals surface area (Å²) in [6.07, 6.45) is 0. The van der Waals surface area contributed by atoms with Crippen LogP contribution in [0.4, 0.5) is 5.69 Å². The Morgan fingerprint density at radius 2 is 1.40 bits per heavy atom. The van der Waals surface area contributed by atoms with Gasteiger partial charge in [0.1, 0.15) is 0 Å². The summed E-state index contributed by atoms with van der Waals surface area (Å²) in [6, 6.07) is 9.49. The molecule has 0 heterocycles. The van der Waals surface area contributed by atoms with E-state index in [-0.39, 0.29) is 47.5 Å². The van der Waals surface area contributed by atoms with Gasteiger partial charge in [0.2, 0.25) is 0 Å². The Labute approximate surface area is 88.9 Å². The second kappa shape index (κ2) is 9.27. The van der Waals surface area contributed by atoms with Gasteiger partial charge in [-0.15, -0.1) is 0 Å². The number of nitrogens with two attached hydrogens (primary N) is 1. The third-order valence-electron chi connectivity index (χ3n) is 0.800. The molecule has 0 saturated heterocycles. The fourth-order valence-electron chi connectivity index (χ4n) is 0.453. The molecule has 0 amide bonds. The molecule has 0 aliphatic heterocycles. The van der Waals surface area contributed by atoms with Crippen LogP contribution < -0.4 is 22.7 Å². The summed E-state index contributed by atoms with van der Waals surface area (Å²) in [5, 5.41) is 0. The molecule has 52 valence electrons. The van der Waals surface area contributed by atoms with Gasteiger partial charge in [-0.05, 0) is 12.1 Å². The van der Waals surface area contributed by atoms with Crippen molar-refractivity contribution >= 4 is 28.7 Å². The molecule has 0 radical (unpaired) electrons. The number of hydrogen-bond donors (Lipinski definition) is 1. The molecule has 0 bridgehead atoms. The monoisotopic (exact) mass is 211 g/mol. The summed E-state index contributed by atoms with van der Waals surface area (Å²) >= 11 is 0. The topological polar surface area (TPSA) is 26.0 Å². The molecule has 0 fully saturated rings. The van der Waals surface area contributed by atoms with Crippen molar-refractivity contribution in [1.29, 1.82) is 0 Å². The van der Waals surface area contributed by atoms with E-state index in [1.807, 2.05) is 30.3 Å². The van der Waals surface area contributed by atoms with E-state index >= 15 is 0 Å². The van der Waals surface area contributed by atoms with Crippen molar-refractivity contribution in [2.75, 3.05) is 5.73 Å². The van der Waals surface area contributed by atoms with E-state index in [2.05, 4.69) is 0 Å². The summed E-state index contributed by atoms with van der Waals surface area (Å²) in [4.78, 5) is 0. The quantitative estimate of drug-likeness (QED) is 0.311. The van der Waals surface area contributed by atoms with Crippen LogP contribution in [0.5, 0.6) is 0 Å². The maximum absolute atomic E-state index is 5.36. The average molecular weight is 212 g/mol. The van der Waals surface area contributed by atoms with Gasteiger partial charge in [0.25, 0.3) is 0 Å². The first-order valence-electron chi connectivity index (χ1n) is 2.20. The smallest absolute Gasteiger partial charge is 1.00 e. The Kier molecular flexibility index (Phi) is 15.5. The van der Waals surface area contributed by atoms with Crippen molar-refractivity contribution < 1.29 is 17.0 Å². The summed E-state index contributed by atoms with van der Waals surface area (Å²) < 4.78 is 0. The molecule has 3 heteroatoms. The van der Waals surface area contributed by atoms with Crippen molar-refractivity contribution in [1.82, 2.24) is 0 Å². The van der Waals surface area contributed by atoms with Gasteiger partial charge in [0.05, 0.1) is 0 Å². The van der Waals surface area contributed by atoms with Gasteiger partial charge in [0, 0.05) is 5.69 Å². The van der Waals surface area contributed by atoms with Crippen molar-refractivity contribution in [2.24, 2.45) is 0 Å². The Morgan fingerprint density at radius 1 is 1.00 bits per heavy atom. The van der Waals surface area contributed by atoms with Crippen LogP contribution in [0.3, 0.4) is 0 Å². The van der Waals surface area contributed by atoms with Gasteiger partial charge in [-0.2, -0.15) is 0 Å². The van der Waals surface area contributed by atoms with E-state index in [9.17, 15) is 0 Å². The Hall–Kier alpha value is 0.266.